The number of aromatic nitrogens is 2. The zero-order valence-corrected chi connectivity index (χ0v) is 6.27. The number of carbonyl (C=O) groups excluding carboxylic acids is 1. The van der Waals surface area contributed by atoms with Crippen LogP contribution in [-0.4, -0.2) is 15.9 Å². The molecule has 0 fully saturated rings. The van der Waals surface area contributed by atoms with Gasteiger partial charge in [0.25, 0.3) is 5.91 Å². The Morgan fingerprint density at radius 3 is 3.00 bits per heavy atom. The second-order valence-corrected chi connectivity index (χ2v) is 1.97. The van der Waals surface area contributed by atoms with E-state index in [0.29, 0.717) is 5.69 Å². The maximum absolute atomic E-state index is 10.6. The minimum Gasteiger partial charge on any atom is -0.291 e. The van der Waals surface area contributed by atoms with Gasteiger partial charge in [0.15, 0.2) is 0 Å². The van der Waals surface area contributed by atoms with Gasteiger partial charge in [-0.15, -0.1) is 0 Å². The van der Waals surface area contributed by atoms with Crippen molar-refractivity contribution in [1.82, 2.24) is 15.4 Å². The van der Waals surface area contributed by atoms with Gasteiger partial charge in [-0.25, -0.2) is 5.84 Å². The highest BCUT2D eigenvalue weighted by molar-refractivity contribution is 5.90. The zero-order chi connectivity index (χ0) is 8.81. The standard InChI is InChI=1S/C7H8N4O/c8-11-7(12)2-1-6-5-9-3-4-10-6/h1-5H,8H2,(H,11,12). The Balaban J connectivity index is 2.64. The number of hydrazine groups is 1. The Morgan fingerprint density at radius 1 is 1.58 bits per heavy atom. The highest BCUT2D eigenvalue weighted by Gasteiger charge is 1.89. The Bertz CT molecular complexity index is 283. The largest absolute Gasteiger partial charge is 0.291 e. The lowest BCUT2D eigenvalue weighted by Crippen LogP contribution is -2.27. The third kappa shape index (κ3) is 2.47. The highest BCUT2D eigenvalue weighted by Crippen LogP contribution is 1.92. The summed E-state index contributed by atoms with van der Waals surface area (Å²) in [4.78, 5) is 18.3. The fourth-order valence-corrected chi connectivity index (χ4v) is 0.606. The molecular formula is C7H8N4O. The van der Waals surface area contributed by atoms with Crippen molar-refractivity contribution in [2.75, 3.05) is 0 Å². The number of carbonyl (C=O) groups is 1. The van der Waals surface area contributed by atoms with E-state index in [9.17, 15) is 4.79 Å². The van der Waals surface area contributed by atoms with Crippen molar-refractivity contribution in [2.24, 2.45) is 5.84 Å². The molecule has 62 valence electrons. The summed E-state index contributed by atoms with van der Waals surface area (Å²) in [7, 11) is 0. The van der Waals surface area contributed by atoms with Crippen LogP contribution >= 0.6 is 0 Å². The van der Waals surface area contributed by atoms with Crippen LogP contribution in [0.15, 0.2) is 24.7 Å². The summed E-state index contributed by atoms with van der Waals surface area (Å²) < 4.78 is 0. The van der Waals surface area contributed by atoms with Crippen LogP contribution in [0.3, 0.4) is 0 Å². The molecule has 5 nitrogen and oxygen atoms in total. The zero-order valence-electron chi connectivity index (χ0n) is 6.27. The molecule has 0 aliphatic carbocycles. The van der Waals surface area contributed by atoms with E-state index < -0.39 is 0 Å². The summed E-state index contributed by atoms with van der Waals surface area (Å²) >= 11 is 0. The first-order valence-corrected chi connectivity index (χ1v) is 3.27. The molecule has 1 heterocycles. The Hall–Kier alpha value is -1.75. The number of amides is 1. The van der Waals surface area contributed by atoms with Crippen LogP contribution < -0.4 is 11.3 Å². The van der Waals surface area contributed by atoms with Crippen molar-refractivity contribution < 1.29 is 4.79 Å². The molecule has 1 aromatic rings. The van der Waals surface area contributed by atoms with Crippen molar-refractivity contribution >= 4 is 12.0 Å². The van der Waals surface area contributed by atoms with E-state index in [-0.39, 0.29) is 5.91 Å². The van der Waals surface area contributed by atoms with Gasteiger partial charge in [-0.05, 0) is 6.08 Å². The Labute approximate surface area is 69.3 Å². The van der Waals surface area contributed by atoms with Gasteiger partial charge in [0, 0.05) is 18.5 Å². The summed E-state index contributed by atoms with van der Waals surface area (Å²) in [5, 5.41) is 0. The van der Waals surface area contributed by atoms with Crippen molar-refractivity contribution in [3.8, 4) is 0 Å². The first-order valence-electron chi connectivity index (χ1n) is 3.27. The molecule has 0 radical (unpaired) electrons. The van der Waals surface area contributed by atoms with Gasteiger partial charge in [-0.1, -0.05) is 0 Å². The number of hydrogen-bond acceptors (Lipinski definition) is 4. The SMILES string of the molecule is NNC(=O)C=Cc1cnccn1. The summed E-state index contributed by atoms with van der Waals surface area (Å²) in [5.41, 5.74) is 2.57. The van der Waals surface area contributed by atoms with E-state index in [0.717, 1.165) is 0 Å². The van der Waals surface area contributed by atoms with Crippen molar-refractivity contribution in [3.05, 3.63) is 30.4 Å². The topological polar surface area (TPSA) is 80.9 Å². The van der Waals surface area contributed by atoms with Crippen LogP contribution in [0.4, 0.5) is 0 Å². The number of rotatable bonds is 2. The molecule has 0 saturated carbocycles. The third-order valence-electron chi connectivity index (χ3n) is 1.13. The quantitative estimate of drug-likeness (QED) is 0.267. The van der Waals surface area contributed by atoms with Crippen LogP contribution in [0, 0.1) is 0 Å². The Morgan fingerprint density at radius 2 is 2.42 bits per heavy atom. The predicted octanol–water partition coefficient (Wildman–Crippen LogP) is -0.520. The summed E-state index contributed by atoms with van der Waals surface area (Å²) in [6, 6.07) is 0. The Kier molecular flexibility index (Phi) is 2.92. The average Bonchev–Trinajstić information content (AvgIpc) is 2.16. The van der Waals surface area contributed by atoms with E-state index in [1.54, 1.807) is 18.6 Å². The molecule has 0 atom stereocenters. The van der Waals surface area contributed by atoms with E-state index in [1.165, 1.54) is 12.2 Å². The van der Waals surface area contributed by atoms with Crippen LogP contribution in [-0.2, 0) is 4.79 Å². The van der Waals surface area contributed by atoms with Gasteiger partial charge < -0.3 is 0 Å². The van der Waals surface area contributed by atoms with Gasteiger partial charge in [-0.3, -0.25) is 20.2 Å². The molecular weight excluding hydrogens is 156 g/mol. The van der Waals surface area contributed by atoms with Gasteiger partial charge in [0.2, 0.25) is 0 Å². The molecule has 1 amide bonds. The average molecular weight is 164 g/mol. The normalized spacial score (nSPS) is 10.1. The molecule has 1 aromatic heterocycles. The number of nitrogens with zero attached hydrogens (tertiary/aromatic N) is 2. The summed E-state index contributed by atoms with van der Waals surface area (Å²) in [6.07, 6.45) is 7.44. The molecule has 5 heteroatoms. The maximum Gasteiger partial charge on any atom is 0.257 e. The van der Waals surface area contributed by atoms with Crippen LogP contribution in [0.1, 0.15) is 5.69 Å². The molecule has 12 heavy (non-hydrogen) atoms. The molecule has 0 aliphatic heterocycles. The van der Waals surface area contributed by atoms with Crippen molar-refractivity contribution in [3.63, 3.8) is 0 Å². The minimum atomic E-state index is -0.374. The van der Waals surface area contributed by atoms with Gasteiger partial charge in [-0.2, -0.15) is 0 Å². The number of nitrogens with two attached hydrogens (primary N) is 1. The fraction of sp³-hybridized carbons (Fsp3) is 0. The van der Waals surface area contributed by atoms with E-state index in [2.05, 4.69) is 9.97 Å². The second-order valence-electron chi connectivity index (χ2n) is 1.97. The molecule has 0 aromatic carbocycles. The van der Waals surface area contributed by atoms with Gasteiger partial charge in [0.1, 0.15) is 0 Å². The first-order chi connectivity index (χ1) is 5.83. The van der Waals surface area contributed by atoms with Crippen LogP contribution in [0.5, 0.6) is 0 Å². The summed E-state index contributed by atoms with van der Waals surface area (Å²) in [6.45, 7) is 0. The summed E-state index contributed by atoms with van der Waals surface area (Å²) in [5.74, 6) is 4.47. The van der Waals surface area contributed by atoms with Crippen molar-refractivity contribution in [1.29, 1.82) is 0 Å². The smallest absolute Gasteiger partial charge is 0.257 e. The third-order valence-corrected chi connectivity index (χ3v) is 1.13. The van der Waals surface area contributed by atoms with Gasteiger partial charge in [0.05, 0.1) is 11.9 Å². The minimum absolute atomic E-state index is 0.374. The molecule has 0 spiro atoms. The molecule has 0 aliphatic rings. The lowest BCUT2D eigenvalue weighted by atomic mass is 10.4. The lowest BCUT2D eigenvalue weighted by molar-refractivity contribution is -0.116. The maximum atomic E-state index is 10.6. The van der Waals surface area contributed by atoms with E-state index in [4.69, 9.17) is 5.84 Å². The fourth-order valence-electron chi connectivity index (χ4n) is 0.606. The first kappa shape index (κ1) is 8.35. The molecule has 1 rings (SSSR count). The molecule has 0 saturated heterocycles. The van der Waals surface area contributed by atoms with Crippen LogP contribution in [0.25, 0.3) is 6.08 Å². The van der Waals surface area contributed by atoms with Crippen LogP contribution in [0.2, 0.25) is 0 Å². The van der Waals surface area contributed by atoms with E-state index in [1.807, 2.05) is 5.43 Å². The number of nitrogens with one attached hydrogen (secondary N) is 1. The molecule has 3 N–H and O–H groups in total. The van der Waals surface area contributed by atoms with Crippen molar-refractivity contribution in [2.45, 2.75) is 0 Å². The second kappa shape index (κ2) is 4.20. The molecule has 0 bridgehead atoms. The predicted molar refractivity (Wildman–Crippen MR) is 43.4 cm³/mol. The van der Waals surface area contributed by atoms with E-state index >= 15 is 0 Å². The number of hydrogen-bond donors (Lipinski definition) is 2. The van der Waals surface area contributed by atoms with Gasteiger partial charge >= 0.3 is 0 Å². The monoisotopic (exact) mass is 164 g/mol. The molecule has 0 unspecified atom stereocenters. The lowest BCUT2D eigenvalue weighted by Gasteiger charge is -1.90. The highest BCUT2D eigenvalue weighted by atomic mass is 16.2.